The van der Waals surface area contributed by atoms with Gasteiger partial charge in [0.05, 0.1) is 0 Å². The predicted molar refractivity (Wildman–Crippen MR) is 88.6 cm³/mol. The first-order valence-electron chi connectivity index (χ1n) is 6.55. The Balaban J connectivity index is 2.47. The average Bonchev–Trinajstić information content (AvgIpc) is 2.50. The van der Waals surface area contributed by atoms with Crippen molar-refractivity contribution >= 4 is 11.8 Å². The Hall–Kier alpha value is -1.69. The molecule has 0 aromatic heterocycles. The van der Waals surface area contributed by atoms with E-state index in [1.165, 1.54) is 5.56 Å². The maximum atomic E-state index is 3.45. The van der Waals surface area contributed by atoms with Gasteiger partial charge < -0.3 is 0 Å². The minimum Gasteiger partial charge on any atom is -0.281 e. The van der Waals surface area contributed by atoms with Crippen molar-refractivity contribution in [1.82, 2.24) is 4.90 Å². The summed E-state index contributed by atoms with van der Waals surface area (Å²) in [7, 11) is 4.15. The third-order valence-electron chi connectivity index (χ3n) is 3.24. The first-order valence-corrected chi connectivity index (χ1v) is 7.78. The Labute approximate surface area is 126 Å². The molecule has 102 valence electrons. The van der Waals surface area contributed by atoms with E-state index in [1.54, 1.807) is 11.8 Å². The summed E-state index contributed by atoms with van der Waals surface area (Å²) in [4.78, 5) is 1.85. The second-order valence-electron chi connectivity index (χ2n) is 4.72. The maximum absolute atomic E-state index is 3.45. The molecule has 2 aromatic carbocycles. The van der Waals surface area contributed by atoms with Gasteiger partial charge in [-0.15, -0.1) is 11.8 Å². The summed E-state index contributed by atoms with van der Waals surface area (Å²) < 4.78 is 0. The van der Waals surface area contributed by atoms with Gasteiger partial charge in [-0.25, -0.2) is 0 Å². The van der Waals surface area contributed by atoms with Gasteiger partial charge in [0, 0.05) is 5.56 Å². The summed E-state index contributed by atoms with van der Waals surface area (Å²) in [6.45, 7) is 0. The van der Waals surface area contributed by atoms with Crippen molar-refractivity contribution in [2.75, 3.05) is 20.4 Å². The summed E-state index contributed by atoms with van der Waals surface area (Å²) in [5.41, 5.74) is 2.25. The summed E-state index contributed by atoms with van der Waals surface area (Å²) in [5, 5.41) is 0. The zero-order valence-electron chi connectivity index (χ0n) is 12.1. The average molecular weight is 281 g/mol. The molecule has 2 rings (SSSR count). The fraction of sp³-hybridized carbons (Fsp3) is 0.222. The van der Waals surface area contributed by atoms with Crippen LogP contribution in [0.15, 0.2) is 60.7 Å². The highest BCUT2D eigenvalue weighted by Gasteiger charge is 2.31. The Bertz CT molecular complexity index is 596. The molecule has 0 amide bonds. The van der Waals surface area contributed by atoms with Crippen LogP contribution in [-0.4, -0.2) is 25.3 Å². The third kappa shape index (κ3) is 3.07. The van der Waals surface area contributed by atoms with Crippen molar-refractivity contribution in [2.24, 2.45) is 0 Å². The van der Waals surface area contributed by atoms with Crippen LogP contribution in [0.2, 0.25) is 0 Å². The van der Waals surface area contributed by atoms with E-state index in [-0.39, 0.29) is 4.87 Å². The number of benzene rings is 2. The zero-order valence-corrected chi connectivity index (χ0v) is 12.9. The van der Waals surface area contributed by atoms with Crippen molar-refractivity contribution in [3.63, 3.8) is 0 Å². The van der Waals surface area contributed by atoms with Gasteiger partial charge in [-0.1, -0.05) is 60.4 Å². The van der Waals surface area contributed by atoms with Crippen LogP contribution in [0.3, 0.4) is 0 Å². The Morgan fingerprint density at radius 3 is 1.95 bits per heavy atom. The molecule has 1 unspecified atom stereocenters. The molecular weight excluding hydrogens is 262 g/mol. The lowest BCUT2D eigenvalue weighted by atomic mass is 10.0. The molecule has 0 saturated heterocycles. The molecular formula is C18H19NS. The Morgan fingerprint density at radius 1 is 0.900 bits per heavy atom. The molecule has 0 aliphatic heterocycles. The molecule has 0 heterocycles. The van der Waals surface area contributed by atoms with Crippen molar-refractivity contribution in [3.05, 3.63) is 71.8 Å². The standard InChI is InChI=1S/C18H19NS/c1-19(2)18(20-3,17-12-8-5-9-13-17)15-14-16-10-6-4-7-11-16/h4-13H,1-3H3. The van der Waals surface area contributed by atoms with Crippen LogP contribution >= 0.6 is 11.8 Å². The highest BCUT2D eigenvalue weighted by atomic mass is 32.2. The summed E-state index contributed by atoms with van der Waals surface area (Å²) in [5.74, 6) is 6.76. The van der Waals surface area contributed by atoms with Gasteiger partial charge in [-0.2, -0.15) is 0 Å². The van der Waals surface area contributed by atoms with Crippen molar-refractivity contribution in [2.45, 2.75) is 4.87 Å². The van der Waals surface area contributed by atoms with Crippen LogP contribution < -0.4 is 0 Å². The molecule has 0 saturated carbocycles. The van der Waals surface area contributed by atoms with Crippen molar-refractivity contribution in [3.8, 4) is 11.8 Å². The minimum atomic E-state index is -0.322. The molecule has 0 radical (unpaired) electrons. The van der Waals surface area contributed by atoms with Gasteiger partial charge in [0.2, 0.25) is 0 Å². The summed E-state index contributed by atoms with van der Waals surface area (Å²) >= 11 is 1.75. The molecule has 0 aliphatic carbocycles. The smallest absolute Gasteiger partial charge is 0.155 e. The van der Waals surface area contributed by atoms with E-state index in [2.05, 4.69) is 61.4 Å². The second-order valence-corrected chi connectivity index (χ2v) is 5.72. The minimum absolute atomic E-state index is 0.322. The number of rotatable bonds is 3. The fourth-order valence-electron chi connectivity index (χ4n) is 2.14. The second kappa shape index (κ2) is 6.65. The molecule has 0 bridgehead atoms. The highest BCUT2D eigenvalue weighted by Crippen LogP contribution is 2.36. The lowest BCUT2D eigenvalue weighted by molar-refractivity contribution is 0.325. The van der Waals surface area contributed by atoms with E-state index in [1.807, 2.05) is 36.4 Å². The van der Waals surface area contributed by atoms with Crippen LogP contribution in [0.5, 0.6) is 0 Å². The van der Waals surface area contributed by atoms with Crippen LogP contribution in [-0.2, 0) is 4.87 Å². The van der Waals surface area contributed by atoms with Gasteiger partial charge in [-0.3, -0.25) is 4.90 Å². The molecule has 2 heteroatoms. The first kappa shape index (κ1) is 14.7. The summed E-state index contributed by atoms with van der Waals surface area (Å²) in [6.07, 6.45) is 2.10. The molecule has 0 N–H and O–H groups in total. The quantitative estimate of drug-likeness (QED) is 0.621. The largest absolute Gasteiger partial charge is 0.281 e. The van der Waals surface area contributed by atoms with Crippen LogP contribution in [0.4, 0.5) is 0 Å². The van der Waals surface area contributed by atoms with Gasteiger partial charge in [-0.05, 0) is 38.0 Å². The SMILES string of the molecule is CSC(C#Cc1ccccc1)(c1ccccc1)N(C)C. The lowest BCUT2D eigenvalue weighted by Crippen LogP contribution is -2.36. The molecule has 20 heavy (non-hydrogen) atoms. The fourth-order valence-corrected chi connectivity index (χ4v) is 3.03. The third-order valence-corrected chi connectivity index (χ3v) is 4.53. The highest BCUT2D eigenvalue weighted by molar-refractivity contribution is 7.99. The van der Waals surface area contributed by atoms with Crippen molar-refractivity contribution < 1.29 is 0 Å². The molecule has 0 spiro atoms. The molecule has 0 fully saturated rings. The van der Waals surface area contributed by atoms with Crippen LogP contribution in [0.25, 0.3) is 0 Å². The van der Waals surface area contributed by atoms with Gasteiger partial charge >= 0.3 is 0 Å². The number of hydrogen-bond acceptors (Lipinski definition) is 2. The molecule has 1 nitrogen and oxygen atoms in total. The van der Waals surface area contributed by atoms with E-state index >= 15 is 0 Å². The topological polar surface area (TPSA) is 3.24 Å². The maximum Gasteiger partial charge on any atom is 0.155 e. The number of nitrogens with zero attached hydrogens (tertiary/aromatic N) is 1. The predicted octanol–water partition coefficient (Wildman–Crippen LogP) is 3.82. The summed E-state index contributed by atoms with van der Waals surface area (Å²) in [6, 6.07) is 20.6. The number of hydrogen-bond donors (Lipinski definition) is 0. The van der Waals surface area contributed by atoms with E-state index in [4.69, 9.17) is 0 Å². The van der Waals surface area contributed by atoms with E-state index in [0.29, 0.717) is 0 Å². The molecule has 1 atom stereocenters. The van der Waals surface area contributed by atoms with E-state index in [9.17, 15) is 0 Å². The number of thioether (sulfide) groups is 1. The van der Waals surface area contributed by atoms with E-state index < -0.39 is 0 Å². The van der Waals surface area contributed by atoms with Crippen molar-refractivity contribution in [1.29, 1.82) is 0 Å². The van der Waals surface area contributed by atoms with Gasteiger partial charge in [0.1, 0.15) is 0 Å². The van der Waals surface area contributed by atoms with E-state index in [0.717, 1.165) is 5.56 Å². The van der Waals surface area contributed by atoms with Gasteiger partial charge in [0.15, 0.2) is 4.87 Å². The Morgan fingerprint density at radius 2 is 1.45 bits per heavy atom. The first-order chi connectivity index (χ1) is 9.69. The van der Waals surface area contributed by atoms with Crippen LogP contribution in [0, 0.1) is 11.8 Å². The zero-order chi connectivity index (χ0) is 14.4. The Kier molecular flexibility index (Phi) is 4.89. The lowest BCUT2D eigenvalue weighted by Gasteiger charge is -2.34. The normalized spacial score (nSPS) is 13.4. The monoisotopic (exact) mass is 281 g/mol. The van der Waals surface area contributed by atoms with Crippen LogP contribution in [0.1, 0.15) is 11.1 Å². The molecule has 2 aromatic rings. The van der Waals surface area contributed by atoms with Gasteiger partial charge in [0.25, 0.3) is 0 Å². The molecule has 0 aliphatic rings.